The van der Waals surface area contributed by atoms with Gasteiger partial charge >= 0.3 is 0 Å². The molecule has 0 bridgehead atoms. The Bertz CT molecular complexity index is 740. The number of rotatable bonds is 4. The Balaban J connectivity index is 1.49. The summed E-state index contributed by atoms with van der Waals surface area (Å²) in [4.78, 5) is 36.3. The normalized spacial score (nSPS) is 14.4. The Morgan fingerprint density at radius 3 is 2.44 bits per heavy atom. The summed E-state index contributed by atoms with van der Waals surface area (Å²) in [6, 6.07) is 8.15. The van der Waals surface area contributed by atoms with Crippen LogP contribution in [0.25, 0.3) is 0 Å². The maximum absolute atomic E-state index is 12.4. The molecule has 1 aromatic heterocycles. The summed E-state index contributed by atoms with van der Waals surface area (Å²) in [6.45, 7) is 4.27. The van der Waals surface area contributed by atoms with E-state index in [4.69, 9.17) is 0 Å². The maximum Gasteiger partial charge on any atom is 0.274 e. The molecule has 25 heavy (non-hydrogen) atoms. The number of carbonyl (C=O) groups is 2. The molecule has 1 fully saturated rings. The molecule has 130 valence electrons. The van der Waals surface area contributed by atoms with Gasteiger partial charge in [-0.25, -0.2) is 4.98 Å². The maximum atomic E-state index is 12.4. The zero-order valence-corrected chi connectivity index (χ0v) is 14.4. The van der Waals surface area contributed by atoms with E-state index in [0.29, 0.717) is 38.3 Å². The molecule has 2 aromatic rings. The third-order valence-corrected chi connectivity index (χ3v) is 4.57. The van der Waals surface area contributed by atoms with Gasteiger partial charge in [0.1, 0.15) is 5.69 Å². The topological polar surface area (TPSA) is 66.4 Å². The van der Waals surface area contributed by atoms with E-state index in [1.165, 1.54) is 23.5 Å². The van der Waals surface area contributed by atoms with Gasteiger partial charge in [-0.2, -0.15) is 0 Å². The van der Waals surface area contributed by atoms with Crippen LogP contribution in [0.5, 0.6) is 0 Å². The van der Waals surface area contributed by atoms with Crippen LogP contribution in [0.1, 0.15) is 28.0 Å². The summed E-state index contributed by atoms with van der Waals surface area (Å²) in [7, 11) is 0. The first kappa shape index (κ1) is 17.1. The molecule has 0 radical (unpaired) electrons. The minimum Gasteiger partial charge on any atom is -0.339 e. The monoisotopic (exact) mass is 338 g/mol. The summed E-state index contributed by atoms with van der Waals surface area (Å²) in [5.41, 5.74) is 2.78. The molecule has 1 saturated heterocycles. The molecule has 0 aliphatic carbocycles. The van der Waals surface area contributed by atoms with Crippen molar-refractivity contribution in [2.75, 3.05) is 26.2 Å². The number of nitrogens with zero attached hydrogens (tertiary/aromatic N) is 4. The molecule has 6 nitrogen and oxygen atoms in total. The van der Waals surface area contributed by atoms with Gasteiger partial charge in [-0.3, -0.25) is 14.6 Å². The summed E-state index contributed by atoms with van der Waals surface area (Å²) in [5.74, 6) is 0.0231. The molecular formula is C19H22N4O2. The molecule has 0 saturated carbocycles. The Kier molecular flexibility index (Phi) is 5.38. The molecule has 0 atom stereocenters. The zero-order chi connectivity index (χ0) is 17.6. The standard InChI is InChI=1S/C19H22N4O2/c1-15-4-2-3-5-16(15)6-7-18(24)22-10-12-23(13-11-22)19(25)17-14-20-8-9-21-17/h2-5,8-9,14H,6-7,10-13H2,1H3. The van der Waals surface area contributed by atoms with Gasteiger partial charge in [-0.05, 0) is 24.5 Å². The molecule has 1 aliphatic rings. The minimum atomic E-state index is -0.125. The summed E-state index contributed by atoms with van der Waals surface area (Å²) < 4.78 is 0. The van der Waals surface area contributed by atoms with Gasteiger partial charge in [-0.1, -0.05) is 24.3 Å². The number of hydrogen-bond donors (Lipinski definition) is 0. The first-order chi connectivity index (χ1) is 12.1. The quantitative estimate of drug-likeness (QED) is 0.851. The molecule has 6 heteroatoms. The fourth-order valence-corrected chi connectivity index (χ4v) is 3.02. The number of piperazine rings is 1. The van der Waals surface area contributed by atoms with Crippen LogP contribution in [0.3, 0.4) is 0 Å². The highest BCUT2D eigenvalue weighted by molar-refractivity contribution is 5.92. The average molecular weight is 338 g/mol. The second-order valence-corrected chi connectivity index (χ2v) is 6.19. The molecule has 0 spiro atoms. The number of benzene rings is 1. The fourth-order valence-electron chi connectivity index (χ4n) is 3.02. The van der Waals surface area contributed by atoms with Crippen LogP contribution >= 0.6 is 0 Å². The van der Waals surface area contributed by atoms with Crippen molar-refractivity contribution in [2.45, 2.75) is 19.8 Å². The average Bonchev–Trinajstić information content (AvgIpc) is 2.67. The predicted octanol–water partition coefficient (Wildman–Crippen LogP) is 1.70. The van der Waals surface area contributed by atoms with Crippen LogP contribution in [-0.2, 0) is 11.2 Å². The molecular weight excluding hydrogens is 316 g/mol. The number of hydrogen-bond acceptors (Lipinski definition) is 4. The van der Waals surface area contributed by atoms with E-state index in [2.05, 4.69) is 29.0 Å². The van der Waals surface area contributed by atoms with E-state index in [1.54, 1.807) is 11.1 Å². The van der Waals surface area contributed by atoms with E-state index < -0.39 is 0 Å². The predicted molar refractivity (Wildman–Crippen MR) is 94.0 cm³/mol. The molecule has 0 unspecified atom stereocenters. The van der Waals surface area contributed by atoms with Crippen molar-refractivity contribution in [3.05, 3.63) is 59.7 Å². The second kappa shape index (κ2) is 7.88. The highest BCUT2D eigenvalue weighted by atomic mass is 16.2. The Morgan fingerprint density at radius 2 is 1.76 bits per heavy atom. The molecule has 2 heterocycles. The third kappa shape index (κ3) is 4.21. The lowest BCUT2D eigenvalue weighted by molar-refractivity contribution is -0.132. The van der Waals surface area contributed by atoms with Crippen molar-refractivity contribution in [1.29, 1.82) is 0 Å². The van der Waals surface area contributed by atoms with Gasteiger partial charge in [0.05, 0.1) is 6.20 Å². The van der Waals surface area contributed by atoms with E-state index in [0.717, 1.165) is 6.42 Å². The van der Waals surface area contributed by atoms with E-state index in [1.807, 2.05) is 17.0 Å². The highest BCUT2D eigenvalue weighted by Gasteiger charge is 2.25. The number of aryl methyl sites for hydroxylation is 2. The van der Waals surface area contributed by atoms with Crippen molar-refractivity contribution in [3.63, 3.8) is 0 Å². The lowest BCUT2D eigenvalue weighted by atomic mass is 10.0. The van der Waals surface area contributed by atoms with Gasteiger partial charge < -0.3 is 9.80 Å². The van der Waals surface area contributed by atoms with Crippen molar-refractivity contribution < 1.29 is 9.59 Å². The van der Waals surface area contributed by atoms with Crippen LogP contribution in [-0.4, -0.2) is 57.8 Å². The third-order valence-electron chi connectivity index (χ3n) is 4.57. The first-order valence-corrected chi connectivity index (χ1v) is 8.53. The van der Waals surface area contributed by atoms with E-state index in [9.17, 15) is 9.59 Å². The SMILES string of the molecule is Cc1ccccc1CCC(=O)N1CCN(C(=O)c2cnccn2)CC1. The summed E-state index contributed by atoms with van der Waals surface area (Å²) in [6.07, 6.45) is 5.79. The van der Waals surface area contributed by atoms with Gasteiger partial charge in [0, 0.05) is 45.0 Å². The van der Waals surface area contributed by atoms with Crippen LogP contribution in [0.15, 0.2) is 42.9 Å². The summed E-state index contributed by atoms with van der Waals surface area (Å²) >= 11 is 0. The fraction of sp³-hybridized carbons (Fsp3) is 0.368. The Hall–Kier alpha value is -2.76. The van der Waals surface area contributed by atoms with Crippen LogP contribution in [0.2, 0.25) is 0 Å². The number of amides is 2. The minimum absolute atomic E-state index is 0.125. The number of carbonyl (C=O) groups excluding carboxylic acids is 2. The Labute approximate surface area is 147 Å². The van der Waals surface area contributed by atoms with Gasteiger partial charge in [0.25, 0.3) is 5.91 Å². The van der Waals surface area contributed by atoms with Crippen molar-refractivity contribution in [3.8, 4) is 0 Å². The van der Waals surface area contributed by atoms with Gasteiger partial charge in [0.2, 0.25) is 5.91 Å². The van der Waals surface area contributed by atoms with Crippen LogP contribution in [0, 0.1) is 6.92 Å². The molecule has 3 rings (SSSR count). The van der Waals surface area contributed by atoms with E-state index >= 15 is 0 Å². The molecule has 0 N–H and O–H groups in total. The first-order valence-electron chi connectivity index (χ1n) is 8.53. The highest BCUT2D eigenvalue weighted by Crippen LogP contribution is 2.12. The lowest BCUT2D eigenvalue weighted by Crippen LogP contribution is -2.50. The molecule has 1 aliphatic heterocycles. The number of aromatic nitrogens is 2. The lowest BCUT2D eigenvalue weighted by Gasteiger charge is -2.34. The summed E-state index contributed by atoms with van der Waals surface area (Å²) in [5, 5.41) is 0. The Morgan fingerprint density at radius 1 is 1.04 bits per heavy atom. The molecule has 2 amide bonds. The van der Waals surface area contributed by atoms with Crippen molar-refractivity contribution in [2.24, 2.45) is 0 Å². The second-order valence-electron chi connectivity index (χ2n) is 6.19. The van der Waals surface area contributed by atoms with Crippen molar-refractivity contribution >= 4 is 11.8 Å². The van der Waals surface area contributed by atoms with Gasteiger partial charge in [0.15, 0.2) is 0 Å². The van der Waals surface area contributed by atoms with Gasteiger partial charge in [-0.15, -0.1) is 0 Å². The largest absolute Gasteiger partial charge is 0.339 e. The zero-order valence-electron chi connectivity index (χ0n) is 14.4. The van der Waals surface area contributed by atoms with Crippen molar-refractivity contribution in [1.82, 2.24) is 19.8 Å². The smallest absolute Gasteiger partial charge is 0.274 e. The van der Waals surface area contributed by atoms with E-state index in [-0.39, 0.29) is 11.8 Å². The van der Waals surface area contributed by atoms with Crippen LogP contribution < -0.4 is 0 Å². The molecule has 1 aromatic carbocycles. The van der Waals surface area contributed by atoms with Crippen LogP contribution in [0.4, 0.5) is 0 Å².